The van der Waals surface area contributed by atoms with E-state index in [1.165, 1.54) is 12.1 Å². The van der Waals surface area contributed by atoms with Crippen LogP contribution in [-0.2, 0) is 6.54 Å². The van der Waals surface area contributed by atoms with Crippen molar-refractivity contribution >= 4 is 11.3 Å². The topological polar surface area (TPSA) is 17.8 Å². The van der Waals surface area contributed by atoms with Crippen LogP contribution < -0.4 is 0 Å². The molecule has 0 N–H and O–H groups in total. The molecule has 0 aliphatic carbocycles. The molecule has 0 bridgehead atoms. The zero-order chi connectivity index (χ0) is 12.4. The third kappa shape index (κ3) is 2.33. The molecule has 2 heterocycles. The Morgan fingerprint density at radius 1 is 1.11 bits per heavy atom. The van der Waals surface area contributed by atoms with Gasteiger partial charge in [0.05, 0.1) is 12.2 Å². The molecule has 18 heavy (non-hydrogen) atoms. The Morgan fingerprint density at radius 2 is 1.94 bits per heavy atom. The number of halogens is 1. The Hall–Kier alpha value is -1.94. The first kappa shape index (κ1) is 11.2. The summed E-state index contributed by atoms with van der Waals surface area (Å²) >= 11 is 1.66. The molecule has 3 aromatic rings. The normalized spacial score (nSPS) is 10.7. The highest BCUT2D eigenvalue weighted by molar-refractivity contribution is 7.08. The van der Waals surface area contributed by atoms with Gasteiger partial charge in [-0.25, -0.2) is 4.39 Å². The van der Waals surface area contributed by atoms with Crippen molar-refractivity contribution in [3.05, 3.63) is 64.7 Å². The molecule has 2 aromatic heterocycles. The molecule has 0 fully saturated rings. The number of nitrogens with zero attached hydrogens (tertiary/aromatic N) is 2. The van der Waals surface area contributed by atoms with Crippen molar-refractivity contribution in [2.24, 2.45) is 0 Å². The summed E-state index contributed by atoms with van der Waals surface area (Å²) in [5.74, 6) is -0.210. The lowest BCUT2D eigenvalue weighted by Gasteiger charge is -2.01. The third-order valence-electron chi connectivity index (χ3n) is 2.72. The molecule has 0 unspecified atom stereocenters. The van der Waals surface area contributed by atoms with Gasteiger partial charge in [-0.2, -0.15) is 16.4 Å². The molecule has 0 saturated heterocycles. The van der Waals surface area contributed by atoms with E-state index in [1.807, 2.05) is 22.3 Å². The molecular formula is C14H11FN2S. The predicted molar refractivity (Wildman–Crippen MR) is 71.0 cm³/mol. The molecule has 3 rings (SSSR count). The smallest absolute Gasteiger partial charge is 0.123 e. The van der Waals surface area contributed by atoms with Crippen LogP contribution in [0, 0.1) is 5.82 Å². The third-order valence-corrected chi connectivity index (χ3v) is 3.40. The van der Waals surface area contributed by atoms with E-state index in [-0.39, 0.29) is 5.82 Å². The maximum Gasteiger partial charge on any atom is 0.123 e. The number of benzene rings is 1. The van der Waals surface area contributed by atoms with E-state index in [2.05, 4.69) is 16.5 Å². The summed E-state index contributed by atoms with van der Waals surface area (Å²) in [5.41, 5.74) is 3.15. The molecule has 0 radical (unpaired) electrons. The fraction of sp³-hybridized carbons (Fsp3) is 0.0714. The van der Waals surface area contributed by atoms with Crippen molar-refractivity contribution < 1.29 is 4.39 Å². The van der Waals surface area contributed by atoms with E-state index in [4.69, 9.17) is 0 Å². The highest BCUT2D eigenvalue weighted by atomic mass is 32.1. The maximum atomic E-state index is 12.8. The summed E-state index contributed by atoms with van der Waals surface area (Å²) in [7, 11) is 0. The van der Waals surface area contributed by atoms with Gasteiger partial charge in [-0.3, -0.25) is 4.68 Å². The summed E-state index contributed by atoms with van der Waals surface area (Å²) in [6.45, 7) is 0.657. The minimum Gasteiger partial charge on any atom is -0.268 e. The maximum absolute atomic E-state index is 12.8. The van der Waals surface area contributed by atoms with E-state index in [0.29, 0.717) is 6.54 Å². The van der Waals surface area contributed by atoms with Crippen molar-refractivity contribution in [3.8, 4) is 11.3 Å². The molecule has 0 amide bonds. The van der Waals surface area contributed by atoms with Crippen molar-refractivity contribution in [2.75, 3.05) is 0 Å². The van der Waals surface area contributed by atoms with Crippen LogP contribution in [0.15, 0.2) is 53.4 Å². The number of rotatable bonds is 3. The van der Waals surface area contributed by atoms with Crippen LogP contribution in [-0.4, -0.2) is 9.78 Å². The van der Waals surface area contributed by atoms with Crippen LogP contribution in [0.5, 0.6) is 0 Å². The van der Waals surface area contributed by atoms with Crippen LogP contribution in [0.2, 0.25) is 0 Å². The number of hydrogen-bond donors (Lipinski definition) is 0. The van der Waals surface area contributed by atoms with Gasteiger partial charge in [0.25, 0.3) is 0 Å². The number of thiophene rings is 1. The van der Waals surface area contributed by atoms with Crippen LogP contribution in [0.25, 0.3) is 11.3 Å². The molecule has 1 aromatic carbocycles. The summed E-state index contributed by atoms with van der Waals surface area (Å²) in [4.78, 5) is 0. The predicted octanol–water partition coefficient (Wildman–Crippen LogP) is 3.80. The molecule has 0 saturated carbocycles. The monoisotopic (exact) mass is 258 g/mol. The standard InChI is InChI=1S/C14H11FN2S/c15-13-3-1-11(2-4-13)9-17-7-5-14(16-17)12-6-8-18-10-12/h1-8,10H,9H2. The Bertz CT molecular complexity index is 626. The van der Waals surface area contributed by atoms with E-state index in [0.717, 1.165) is 16.8 Å². The highest BCUT2D eigenvalue weighted by Gasteiger charge is 2.03. The lowest BCUT2D eigenvalue weighted by atomic mass is 10.2. The average molecular weight is 258 g/mol. The van der Waals surface area contributed by atoms with Gasteiger partial charge in [-0.05, 0) is 35.2 Å². The summed E-state index contributed by atoms with van der Waals surface area (Å²) in [6, 6.07) is 10.5. The van der Waals surface area contributed by atoms with Gasteiger partial charge < -0.3 is 0 Å². The van der Waals surface area contributed by atoms with Crippen LogP contribution in [0.4, 0.5) is 4.39 Å². The van der Waals surface area contributed by atoms with Gasteiger partial charge in [-0.15, -0.1) is 0 Å². The van der Waals surface area contributed by atoms with Crippen LogP contribution >= 0.6 is 11.3 Å². The molecule has 90 valence electrons. The lowest BCUT2D eigenvalue weighted by Crippen LogP contribution is -2.00. The Morgan fingerprint density at radius 3 is 2.67 bits per heavy atom. The molecule has 4 heteroatoms. The van der Waals surface area contributed by atoms with E-state index >= 15 is 0 Å². The van der Waals surface area contributed by atoms with Gasteiger partial charge >= 0.3 is 0 Å². The zero-order valence-electron chi connectivity index (χ0n) is 9.58. The second-order valence-corrected chi connectivity index (χ2v) is 4.82. The first-order valence-corrected chi connectivity index (χ1v) is 6.56. The van der Waals surface area contributed by atoms with Crippen molar-refractivity contribution in [3.63, 3.8) is 0 Å². The fourth-order valence-electron chi connectivity index (χ4n) is 1.79. The van der Waals surface area contributed by atoms with Crippen molar-refractivity contribution in [1.82, 2.24) is 9.78 Å². The van der Waals surface area contributed by atoms with Gasteiger partial charge in [-0.1, -0.05) is 12.1 Å². The summed E-state index contributed by atoms with van der Waals surface area (Å²) in [5, 5.41) is 8.61. The second kappa shape index (κ2) is 4.74. The minimum atomic E-state index is -0.210. The van der Waals surface area contributed by atoms with Gasteiger partial charge in [0.1, 0.15) is 5.82 Å². The fourth-order valence-corrected chi connectivity index (χ4v) is 2.44. The van der Waals surface area contributed by atoms with Gasteiger partial charge in [0.2, 0.25) is 0 Å². The lowest BCUT2D eigenvalue weighted by molar-refractivity contribution is 0.624. The molecule has 2 nitrogen and oxygen atoms in total. The minimum absolute atomic E-state index is 0.210. The van der Waals surface area contributed by atoms with E-state index in [1.54, 1.807) is 23.5 Å². The molecular weight excluding hydrogens is 247 g/mol. The van der Waals surface area contributed by atoms with Gasteiger partial charge in [0, 0.05) is 17.1 Å². The summed E-state index contributed by atoms with van der Waals surface area (Å²) < 4.78 is 14.7. The molecule has 0 aliphatic rings. The zero-order valence-corrected chi connectivity index (χ0v) is 10.4. The summed E-state index contributed by atoms with van der Waals surface area (Å²) in [6.07, 6.45) is 1.94. The number of hydrogen-bond acceptors (Lipinski definition) is 2. The van der Waals surface area contributed by atoms with E-state index in [9.17, 15) is 4.39 Å². The van der Waals surface area contributed by atoms with Crippen LogP contribution in [0.3, 0.4) is 0 Å². The first-order valence-electron chi connectivity index (χ1n) is 5.62. The highest BCUT2D eigenvalue weighted by Crippen LogP contribution is 2.19. The average Bonchev–Trinajstić information content (AvgIpc) is 3.02. The quantitative estimate of drug-likeness (QED) is 0.698. The van der Waals surface area contributed by atoms with Crippen molar-refractivity contribution in [1.29, 1.82) is 0 Å². The largest absolute Gasteiger partial charge is 0.268 e. The van der Waals surface area contributed by atoms with E-state index < -0.39 is 0 Å². The molecule has 0 atom stereocenters. The first-order chi connectivity index (χ1) is 8.81. The Labute approximate surface area is 108 Å². The molecule has 0 spiro atoms. The SMILES string of the molecule is Fc1ccc(Cn2ccc(-c3ccsc3)n2)cc1. The van der Waals surface area contributed by atoms with Crippen LogP contribution in [0.1, 0.15) is 5.56 Å². The second-order valence-electron chi connectivity index (χ2n) is 4.04. The van der Waals surface area contributed by atoms with Crippen molar-refractivity contribution in [2.45, 2.75) is 6.54 Å². The Balaban J connectivity index is 1.80. The molecule has 0 aliphatic heterocycles. The Kier molecular flexibility index (Phi) is 2.94. The van der Waals surface area contributed by atoms with Gasteiger partial charge in [0.15, 0.2) is 0 Å². The number of aromatic nitrogens is 2.